The van der Waals surface area contributed by atoms with Crippen molar-refractivity contribution in [1.82, 2.24) is 10.6 Å². The van der Waals surface area contributed by atoms with Crippen molar-refractivity contribution >= 4 is 0 Å². The molecule has 1 aliphatic rings. The average Bonchev–Trinajstić information content (AvgIpc) is 1.85. The number of hydrogen-bond acceptors (Lipinski definition) is 2. The summed E-state index contributed by atoms with van der Waals surface area (Å²) < 4.78 is 0. The first-order chi connectivity index (χ1) is 5.18. The van der Waals surface area contributed by atoms with E-state index in [-0.39, 0.29) is 0 Å². The number of hydrogen-bond donors (Lipinski definition) is 2. The molecule has 0 atom stereocenters. The van der Waals surface area contributed by atoms with Gasteiger partial charge in [0.1, 0.15) is 5.82 Å². The molecule has 11 heavy (non-hydrogen) atoms. The summed E-state index contributed by atoms with van der Waals surface area (Å²) in [5, 5.41) is 6.37. The van der Waals surface area contributed by atoms with E-state index in [1.807, 2.05) is 18.2 Å². The van der Waals surface area contributed by atoms with Crippen LogP contribution in [-0.4, -0.2) is 6.04 Å². The largest absolute Gasteiger partial charge is 0.369 e. The van der Waals surface area contributed by atoms with Gasteiger partial charge in [0, 0.05) is 11.7 Å². The van der Waals surface area contributed by atoms with Gasteiger partial charge in [-0.3, -0.25) is 0 Å². The fourth-order valence-corrected chi connectivity index (χ4v) is 0.912. The molecule has 60 valence electrons. The van der Waals surface area contributed by atoms with E-state index in [2.05, 4.69) is 31.1 Å². The van der Waals surface area contributed by atoms with Crippen molar-refractivity contribution in [3.63, 3.8) is 0 Å². The number of rotatable bonds is 2. The summed E-state index contributed by atoms with van der Waals surface area (Å²) in [4.78, 5) is 0. The van der Waals surface area contributed by atoms with Gasteiger partial charge >= 0.3 is 0 Å². The van der Waals surface area contributed by atoms with E-state index in [1.54, 1.807) is 0 Å². The van der Waals surface area contributed by atoms with Gasteiger partial charge in [0.2, 0.25) is 0 Å². The maximum absolute atomic E-state index is 3.79. The lowest BCUT2D eigenvalue weighted by atomic mass is 10.3. The first-order valence-corrected chi connectivity index (χ1v) is 3.79. The smallest absolute Gasteiger partial charge is 0.103 e. The van der Waals surface area contributed by atoms with Gasteiger partial charge in [-0.2, -0.15) is 0 Å². The van der Waals surface area contributed by atoms with Crippen molar-refractivity contribution in [2.24, 2.45) is 0 Å². The summed E-state index contributed by atoms with van der Waals surface area (Å²) >= 11 is 0. The van der Waals surface area contributed by atoms with E-state index >= 15 is 0 Å². The lowest BCUT2D eigenvalue weighted by molar-refractivity contribution is 0.634. The Morgan fingerprint density at radius 3 is 2.82 bits per heavy atom. The Morgan fingerprint density at radius 1 is 1.55 bits per heavy atom. The molecule has 2 N–H and O–H groups in total. The maximum Gasteiger partial charge on any atom is 0.103 e. The minimum absolute atomic E-state index is 0.452. The minimum atomic E-state index is 0.452. The van der Waals surface area contributed by atoms with Crippen molar-refractivity contribution in [3.05, 3.63) is 36.3 Å². The molecule has 1 rings (SSSR count). The fourth-order valence-electron chi connectivity index (χ4n) is 0.912. The highest BCUT2D eigenvalue weighted by molar-refractivity contribution is 5.28. The van der Waals surface area contributed by atoms with Crippen LogP contribution in [0.1, 0.15) is 13.8 Å². The zero-order valence-corrected chi connectivity index (χ0v) is 7.02. The highest BCUT2D eigenvalue weighted by Crippen LogP contribution is 2.00. The van der Waals surface area contributed by atoms with E-state index in [4.69, 9.17) is 0 Å². The Hall–Kier alpha value is -1.18. The monoisotopic (exact) mass is 150 g/mol. The van der Waals surface area contributed by atoms with E-state index in [0.29, 0.717) is 6.04 Å². The maximum atomic E-state index is 3.79. The zero-order chi connectivity index (χ0) is 8.27. The molecule has 1 heterocycles. The average molecular weight is 150 g/mol. The molecule has 0 spiro atoms. The molecule has 0 aromatic heterocycles. The van der Waals surface area contributed by atoms with Crippen LogP contribution in [0, 0.1) is 0 Å². The normalized spacial score (nSPS) is 16.3. The van der Waals surface area contributed by atoms with Gasteiger partial charge in [0.05, 0.1) is 0 Å². The van der Waals surface area contributed by atoms with Crippen LogP contribution >= 0.6 is 0 Å². The molecule has 0 radical (unpaired) electrons. The van der Waals surface area contributed by atoms with Crippen molar-refractivity contribution in [2.45, 2.75) is 19.9 Å². The number of allylic oxidation sites excluding steroid dienone is 3. The van der Waals surface area contributed by atoms with E-state index in [1.165, 1.54) is 0 Å². The summed E-state index contributed by atoms with van der Waals surface area (Å²) in [5.41, 5.74) is 0.927. The molecule has 2 nitrogen and oxygen atoms in total. The molecule has 1 aliphatic heterocycles. The summed E-state index contributed by atoms with van der Waals surface area (Å²) in [6.07, 6.45) is 5.91. The van der Waals surface area contributed by atoms with Crippen LogP contribution in [0.5, 0.6) is 0 Å². The van der Waals surface area contributed by atoms with Crippen molar-refractivity contribution in [2.75, 3.05) is 0 Å². The molecular weight excluding hydrogens is 136 g/mol. The summed E-state index contributed by atoms with van der Waals surface area (Å²) in [5.74, 6) is 1.02. The second-order valence-corrected chi connectivity index (χ2v) is 2.89. The van der Waals surface area contributed by atoms with Crippen molar-refractivity contribution in [1.29, 1.82) is 0 Å². The van der Waals surface area contributed by atoms with Crippen LogP contribution in [0.2, 0.25) is 0 Å². The minimum Gasteiger partial charge on any atom is -0.369 e. The van der Waals surface area contributed by atoms with Gasteiger partial charge in [0.25, 0.3) is 0 Å². The second-order valence-electron chi connectivity index (χ2n) is 2.89. The van der Waals surface area contributed by atoms with Gasteiger partial charge in [-0.25, -0.2) is 0 Å². The van der Waals surface area contributed by atoms with Gasteiger partial charge in [-0.15, -0.1) is 0 Å². The van der Waals surface area contributed by atoms with Gasteiger partial charge < -0.3 is 10.6 Å². The van der Waals surface area contributed by atoms with Crippen LogP contribution in [0.4, 0.5) is 0 Å². The number of dihydropyridines is 1. The molecule has 2 heteroatoms. The molecule has 0 bridgehead atoms. The van der Waals surface area contributed by atoms with Crippen LogP contribution in [0.15, 0.2) is 36.3 Å². The molecule has 0 unspecified atom stereocenters. The number of nitrogens with one attached hydrogen (secondary N) is 2. The van der Waals surface area contributed by atoms with Crippen molar-refractivity contribution in [3.8, 4) is 0 Å². The standard InChI is InChI=1S/C9H14N2/c1-7(2)10-9-6-4-5-8(3)11-9/h4-7,10-11H,3H2,1-2H3. The molecule has 0 saturated heterocycles. The molecule has 0 amide bonds. The SMILES string of the molecule is C=C1C=CC=C(NC(C)C)N1. The van der Waals surface area contributed by atoms with E-state index in [0.717, 1.165) is 11.5 Å². The predicted molar refractivity (Wildman–Crippen MR) is 47.8 cm³/mol. The Morgan fingerprint density at radius 2 is 2.27 bits per heavy atom. The van der Waals surface area contributed by atoms with Crippen LogP contribution in [-0.2, 0) is 0 Å². The van der Waals surface area contributed by atoms with Gasteiger partial charge in [-0.1, -0.05) is 12.7 Å². The third-order valence-electron chi connectivity index (χ3n) is 1.30. The highest BCUT2D eigenvalue weighted by Gasteiger charge is 2.00. The molecule has 0 aromatic carbocycles. The fraction of sp³-hybridized carbons (Fsp3) is 0.333. The highest BCUT2D eigenvalue weighted by atomic mass is 15.1. The Balaban J connectivity index is 2.52. The van der Waals surface area contributed by atoms with Crippen molar-refractivity contribution < 1.29 is 0 Å². The zero-order valence-electron chi connectivity index (χ0n) is 7.02. The third-order valence-corrected chi connectivity index (χ3v) is 1.30. The Labute approximate surface area is 67.7 Å². The molecule has 0 aliphatic carbocycles. The first kappa shape index (κ1) is 7.92. The Kier molecular flexibility index (Phi) is 2.36. The van der Waals surface area contributed by atoms with Gasteiger partial charge in [0.15, 0.2) is 0 Å². The lowest BCUT2D eigenvalue weighted by Crippen LogP contribution is -2.31. The summed E-state index contributed by atoms with van der Waals surface area (Å²) in [6, 6.07) is 0.452. The molecule has 0 fully saturated rings. The van der Waals surface area contributed by atoms with Crippen LogP contribution < -0.4 is 10.6 Å². The predicted octanol–water partition coefficient (Wildman–Crippen LogP) is 1.50. The summed E-state index contributed by atoms with van der Waals surface area (Å²) in [7, 11) is 0. The van der Waals surface area contributed by atoms with Crippen LogP contribution in [0.3, 0.4) is 0 Å². The first-order valence-electron chi connectivity index (χ1n) is 3.79. The Bertz CT molecular complexity index is 212. The molecule has 0 aromatic rings. The topological polar surface area (TPSA) is 24.1 Å². The lowest BCUT2D eigenvalue weighted by Gasteiger charge is -2.17. The molecular formula is C9H14N2. The van der Waals surface area contributed by atoms with Gasteiger partial charge in [-0.05, 0) is 26.0 Å². The van der Waals surface area contributed by atoms with E-state index < -0.39 is 0 Å². The molecule has 0 saturated carbocycles. The quantitative estimate of drug-likeness (QED) is 0.623. The van der Waals surface area contributed by atoms with Crippen LogP contribution in [0.25, 0.3) is 0 Å². The third kappa shape index (κ3) is 2.50. The summed E-state index contributed by atoms with van der Waals surface area (Å²) in [6.45, 7) is 7.99. The second kappa shape index (κ2) is 3.28. The van der Waals surface area contributed by atoms with E-state index in [9.17, 15) is 0 Å².